The van der Waals surface area contributed by atoms with Gasteiger partial charge in [0.2, 0.25) is 5.91 Å². The van der Waals surface area contributed by atoms with Crippen LogP contribution in [-0.2, 0) is 17.9 Å². The average Bonchev–Trinajstić information content (AvgIpc) is 2.96. The van der Waals surface area contributed by atoms with Crippen LogP contribution in [0.15, 0.2) is 48.5 Å². The van der Waals surface area contributed by atoms with Crippen molar-refractivity contribution in [3.05, 3.63) is 65.2 Å². The first-order valence-electron chi connectivity index (χ1n) is 7.90. The highest BCUT2D eigenvalue weighted by Gasteiger charge is 2.33. The lowest BCUT2D eigenvalue weighted by Crippen LogP contribution is -2.45. The smallest absolute Gasteiger partial charge is 0.255 e. The predicted octanol–water partition coefficient (Wildman–Crippen LogP) is 2.36. The summed E-state index contributed by atoms with van der Waals surface area (Å²) in [7, 11) is 1.60. The zero-order valence-corrected chi connectivity index (χ0v) is 13.8. The second-order valence-electron chi connectivity index (χ2n) is 5.80. The third-order valence-electron chi connectivity index (χ3n) is 4.34. The van der Waals surface area contributed by atoms with Crippen molar-refractivity contribution in [1.82, 2.24) is 10.2 Å². The minimum Gasteiger partial charge on any atom is -0.496 e. The number of benzene rings is 2. The van der Waals surface area contributed by atoms with Gasteiger partial charge in [-0.25, -0.2) is 0 Å². The summed E-state index contributed by atoms with van der Waals surface area (Å²) >= 11 is 0. The number of hydrogen-bond donors (Lipinski definition) is 1. The summed E-state index contributed by atoms with van der Waals surface area (Å²) in [4.78, 5) is 26.5. The lowest BCUT2D eigenvalue weighted by Gasteiger charge is -2.23. The summed E-state index contributed by atoms with van der Waals surface area (Å²) in [5.41, 5.74) is 2.55. The molecular formula is C19H20N2O3. The number of amides is 2. The molecule has 1 N–H and O–H groups in total. The van der Waals surface area contributed by atoms with Gasteiger partial charge in [-0.3, -0.25) is 9.59 Å². The molecule has 5 heteroatoms. The summed E-state index contributed by atoms with van der Waals surface area (Å²) in [5.74, 6) is 0.461. The van der Waals surface area contributed by atoms with Gasteiger partial charge in [0.25, 0.3) is 5.91 Å². The van der Waals surface area contributed by atoms with E-state index in [1.54, 1.807) is 25.0 Å². The molecule has 5 nitrogen and oxygen atoms in total. The number of hydrogen-bond acceptors (Lipinski definition) is 3. The molecule has 0 saturated heterocycles. The van der Waals surface area contributed by atoms with E-state index in [-0.39, 0.29) is 11.8 Å². The first-order chi connectivity index (χ1) is 11.6. The number of nitrogens with one attached hydrogen (secondary N) is 1. The Morgan fingerprint density at radius 2 is 1.92 bits per heavy atom. The van der Waals surface area contributed by atoms with E-state index in [4.69, 9.17) is 4.74 Å². The van der Waals surface area contributed by atoms with Gasteiger partial charge in [0, 0.05) is 24.2 Å². The third kappa shape index (κ3) is 2.97. The number of ether oxygens (including phenoxy) is 1. The first kappa shape index (κ1) is 16.1. The summed E-state index contributed by atoms with van der Waals surface area (Å²) in [6, 6.07) is 14.5. The van der Waals surface area contributed by atoms with E-state index in [1.807, 2.05) is 42.5 Å². The zero-order valence-electron chi connectivity index (χ0n) is 13.8. The number of nitrogens with zero attached hydrogens (tertiary/aromatic N) is 1. The van der Waals surface area contributed by atoms with Crippen molar-refractivity contribution in [2.75, 3.05) is 7.11 Å². The highest BCUT2D eigenvalue weighted by molar-refractivity contribution is 6.01. The monoisotopic (exact) mass is 324 g/mol. The molecule has 0 aliphatic carbocycles. The molecular weight excluding hydrogens is 304 g/mol. The number of carbonyl (C=O) groups is 2. The van der Waals surface area contributed by atoms with Gasteiger partial charge in [0.05, 0.1) is 7.11 Å². The van der Waals surface area contributed by atoms with Gasteiger partial charge in [0.15, 0.2) is 0 Å². The Bertz CT molecular complexity index is 773. The fourth-order valence-corrected chi connectivity index (χ4v) is 2.91. The Kier molecular flexibility index (Phi) is 4.51. The first-order valence-corrected chi connectivity index (χ1v) is 7.90. The lowest BCUT2D eigenvalue weighted by atomic mass is 10.1. The maximum absolute atomic E-state index is 12.5. The van der Waals surface area contributed by atoms with E-state index >= 15 is 0 Å². The van der Waals surface area contributed by atoms with Crippen LogP contribution in [0.3, 0.4) is 0 Å². The molecule has 1 heterocycles. The van der Waals surface area contributed by atoms with E-state index < -0.39 is 6.04 Å². The highest BCUT2D eigenvalue weighted by Crippen LogP contribution is 2.24. The molecule has 0 aromatic heterocycles. The van der Waals surface area contributed by atoms with Crippen LogP contribution in [0.4, 0.5) is 0 Å². The van der Waals surface area contributed by atoms with Crippen molar-refractivity contribution in [3.8, 4) is 5.75 Å². The van der Waals surface area contributed by atoms with Crippen molar-refractivity contribution in [3.63, 3.8) is 0 Å². The van der Waals surface area contributed by atoms with Gasteiger partial charge in [0.1, 0.15) is 11.8 Å². The molecule has 1 aliphatic rings. The van der Waals surface area contributed by atoms with Gasteiger partial charge < -0.3 is 15.0 Å². The van der Waals surface area contributed by atoms with Gasteiger partial charge in [-0.15, -0.1) is 0 Å². The number of rotatable bonds is 5. The lowest BCUT2D eigenvalue weighted by molar-refractivity contribution is -0.125. The van der Waals surface area contributed by atoms with Crippen molar-refractivity contribution in [2.24, 2.45) is 0 Å². The molecule has 124 valence electrons. The Morgan fingerprint density at radius 1 is 1.21 bits per heavy atom. The topological polar surface area (TPSA) is 58.6 Å². The zero-order chi connectivity index (χ0) is 17.1. The molecule has 0 saturated carbocycles. The quantitative estimate of drug-likeness (QED) is 0.918. The number of methoxy groups -OCH3 is 1. The summed E-state index contributed by atoms with van der Waals surface area (Å²) in [6.45, 7) is 2.59. The standard InChI is InChI=1S/C19H20N2O3/c1-13(21-12-15-8-3-5-9-16(15)19(21)23)18(22)20-11-14-7-4-6-10-17(14)24-2/h3-10,13H,11-12H2,1-2H3,(H,20,22)/t13-/m0/s1. The molecule has 0 unspecified atom stereocenters. The van der Waals surface area contributed by atoms with Gasteiger partial charge in [-0.2, -0.15) is 0 Å². The SMILES string of the molecule is COc1ccccc1CNC(=O)[C@H](C)N1Cc2ccccc2C1=O. The highest BCUT2D eigenvalue weighted by atomic mass is 16.5. The van der Waals surface area contributed by atoms with Gasteiger partial charge in [-0.05, 0) is 24.6 Å². The van der Waals surface area contributed by atoms with E-state index in [9.17, 15) is 9.59 Å². The van der Waals surface area contributed by atoms with Crippen molar-refractivity contribution in [2.45, 2.75) is 26.1 Å². The van der Waals surface area contributed by atoms with Crippen molar-refractivity contribution in [1.29, 1.82) is 0 Å². The maximum Gasteiger partial charge on any atom is 0.255 e. The van der Waals surface area contributed by atoms with Crippen LogP contribution >= 0.6 is 0 Å². The summed E-state index contributed by atoms with van der Waals surface area (Å²) < 4.78 is 5.28. The number of carbonyl (C=O) groups excluding carboxylic acids is 2. The van der Waals surface area contributed by atoms with Crippen LogP contribution in [0.25, 0.3) is 0 Å². The van der Waals surface area contributed by atoms with Crippen LogP contribution in [-0.4, -0.2) is 29.9 Å². The number of fused-ring (bicyclic) bond motifs is 1. The van der Waals surface area contributed by atoms with E-state index in [0.717, 1.165) is 16.9 Å². The Hall–Kier alpha value is -2.82. The molecule has 0 fully saturated rings. The van der Waals surface area contributed by atoms with Crippen LogP contribution < -0.4 is 10.1 Å². The van der Waals surface area contributed by atoms with E-state index in [0.29, 0.717) is 18.7 Å². The molecule has 2 aromatic rings. The van der Waals surface area contributed by atoms with E-state index in [2.05, 4.69) is 5.32 Å². The van der Waals surface area contributed by atoms with Crippen LogP contribution in [0.1, 0.15) is 28.4 Å². The van der Waals surface area contributed by atoms with Crippen molar-refractivity contribution >= 4 is 11.8 Å². The molecule has 0 radical (unpaired) electrons. The minimum atomic E-state index is -0.528. The Labute approximate surface area is 141 Å². The molecule has 3 rings (SSSR count). The molecule has 0 bridgehead atoms. The average molecular weight is 324 g/mol. The normalized spacial score (nSPS) is 14.2. The predicted molar refractivity (Wildman–Crippen MR) is 90.6 cm³/mol. The van der Waals surface area contributed by atoms with Gasteiger partial charge >= 0.3 is 0 Å². The fraction of sp³-hybridized carbons (Fsp3) is 0.263. The van der Waals surface area contributed by atoms with E-state index in [1.165, 1.54) is 0 Å². The number of para-hydroxylation sites is 1. The summed E-state index contributed by atoms with van der Waals surface area (Å²) in [6.07, 6.45) is 0. The maximum atomic E-state index is 12.5. The second-order valence-corrected chi connectivity index (χ2v) is 5.80. The Balaban J connectivity index is 1.65. The molecule has 1 atom stereocenters. The Morgan fingerprint density at radius 3 is 2.67 bits per heavy atom. The largest absolute Gasteiger partial charge is 0.496 e. The third-order valence-corrected chi connectivity index (χ3v) is 4.34. The van der Waals surface area contributed by atoms with Crippen LogP contribution in [0.5, 0.6) is 5.75 Å². The van der Waals surface area contributed by atoms with Crippen molar-refractivity contribution < 1.29 is 14.3 Å². The van der Waals surface area contributed by atoms with Crippen LogP contribution in [0.2, 0.25) is 0 Å². The minimum absolute atomic E-state index is 0.0921. The van der Waals surface area contributed by atoms with Gasteiger partial charge in [-0.1, -0.05) is 36.4 Å². The fourth-order valence-electron chi connectivity index (χ4n) is 2.91. The molecule has 2 aromatic carbocycles. The molecule has 24 heavy (non-hydrogen) atoms. The molecule has 0 spiro atoms. The molecule has 1 aliphatic heterocycles. The second kappa shape index (κ2) is 6.74. The molecule has 2 amide bonds. The summed E-state index contributed by atoms with van der Waals surface area (Å²) in [5, 5.41) is 2.88. The van der Waals surface area contributed by atoms with Crippen LogP contribution in [0, 0.1) is 0 Å².